The molecular formula is C47H52Cl2KN11O2. The predicted molar refractivity (Wildman–Crippen MR) is 245 cm³/mol. The van der Waals surface area contributed by atoms with Crippen molar-refractivity contribution in [3.05, 3.63) is 102 Å². The summed E-state index contributed by atoms with van der Waals surface area (Å²) in [5, 5.41) is 23.7. The molecule has 0 unspecified atom stereocenters. The van der Waals surface area contributed by atoms with E-state index in [-0.39, 0.29) is 74.2 Å². The molecule has 0 bridgehead atoms. The van der Waals surface area contributed by atoms with Crippen molar-refractivity contribution in [2.75, 3.05) is 56.1 Å². The van der Waals surface area contributed by atoms with E-state index in [0.717, 1.165) is 140 Å². The molecule has 16 heteroatoms. The van der Waals surface area contributed by atoms with Gasteiger partial charge in [0.2, 0.25) is 5.91 Å². The Kier molecular flexibility index (Phi) is 15.6. The number of aromatic nitrogens is 7. The number of hydrogen-bond acceptors (Lipinski definition) is 10. The van der Waals surface area contributed by atoms with E-state index in [0.29, 0.717) is 10.0 Å². The van der Waals surface area contributed by atoms with Gasteiger partial charge >= 0.3 is 51.4 Å². The topological polar surface area (TPSA) is 148 Å². The Balaban J connectivity index is 0.000000186. The molecule has 7 heterocycles. The summed E-state index contributed by atoms with van der Waals surface area (Å²) in [6, 6.07) is 16.8. The molecule has 3 aliphatic rings. The summed E-state index contributed by atoms with van der Waals surface area (Å²) in [5.74, 6) is 0.211. The molecule has 1 spiro atoms. The number of halogens is 2. The van der Waals surface area contributed by atoms with E-state index in [2.05, 4.69) is 113 Å². The van der Waals surface area contributed by atoms with Crippen LogP contribution in [0.5, 0.6) is 0 Å². The predicted octanol–water partition coefficient (Wildman–Crippen LogP) is 5.17. The molecule has 13 nitrogen and oxygen atoms in total. The monoisotopic (exact) mass is 911 g/mol. The van der Waals surface area contributed by atoms with Crippen molar-refractivity contribution in [3.63, 3.8) is 0 Å². The molecule has 1 amide bonds. The van der Waals surface area contributed by atoms with Crippen molar-refractivity contribution in [2.24, 2.45) is 10.8 Å². The van der Waals surface area contributed by atoms with E-state index >= 15 is 0 Å². The van der Waals surface area contributed by atoms with Crippen molar-refractivity contribution in [2.45, 2.75) is 58.4 Å². The molecule has 6 aromatic rings. The number of nitrogens with one attached hydrogen (secondary N) is 2. The first kappa shape index (κ1) is 47.0. The Morgan fingerprint density at radius 1 is 0.778 bits per heavy atom. The number of pyridine rings is 2. The van der Waals surface area contributed by atoms with Gasteiger partial charge in [-0.1, -0.05) is 76.9 Å². The third-order valence-corrected chi connectivity index (χ3v) is 13.4. The molecule has 0 radical (unpaired) electrons. The smallest absolute Gasteiger partial charge is 0.581 e. The number of carbonyl (C=O) groups is 2. The Morgan fingerprint density at radius 2 is 1.33 bits per heavy atom. The molecule has 4 aromatic heterocycles. The maximum absolute atomic E-state index is 12.4. The normalized spacial score (nSPS) is 16.6. The van der Waals surface area contributed by atoms with Gasteiger partial charge in [-0.2, -0.15) is 6.20 Å². The van der Waals surface area contributed by atoms with Crippen LogP contribution >= 0.6 is 23.2 Å². The van der Waals surface area contributed by atoms with Gasteiger partial charge in [0.25, 0.3) is 0 Å². The van der Waals surface area contributed by atoms with E-state index in [1.807, 2.05) is 30.3 Å². The van der Waals surface area contributed by atoms with E-state index in [9.17, 15) is 9.59 Å². The number of carbonyl (C=O) groups excluding carboxylic acids is 2. The fourth-order valence-electron chi connectivity index (χ4n) is 8.95. The van der Waals surface area contributed by atoms with Crippen molar-refractivity contribution >= 4 is 46.8 Å². The summed E-state index contributed by atoms with van der Waals surface area (Å²) in [7, 11) is 1.92. The van der Waals surface area contributed by atoms with E-state index in [1.54, 1.807) is 24.8 Å². The van der Waals surface area contributed by atoms with Gasteiger partial charge in [0, 0.05) is 91.9 Å². The van der Waals surface area contributed by atoms with Crippen LogP contribution < -0.4 is 76.9 Å². The molecule has 2 aromatic carbocycles. The quantitative estimate of drug-likeness (QED) is 0.131. The Hall–Kier alpha value is -3.99. The molecule has 3 aliphatic heterocycles. The molecule has 0 aliphatic carbocycles. The molecular weight excluding hydrogens is 861 g/mol. The van der Waals surface area contributed by atoms with E-state index in [1.165, 1.54) is 0 Å². The minimum Gasteiger partial charge on any atom is -0.581 e. The molecule has 3 saturated heterocycles. The van der Waals surface area contributed by atoms with Crippen molar-refractivity contribution in [1.29, 1.82) is 0 Å². The zero-order valence-electron chi connectivity index (χ0n) is 36.4. The van der Waals surface area contributed by atoms with Crippen LogP contribution in [0.25, 0.3) is 44.6 Å². The zero-order valence-corrected chi connectivity index (χ0v) is 41.0. The minimum atomic E-state index is -0.248. The molecule has 2 N–H and O–H groups in total. The van der Waals surface area contributed by atoms with E-state index < -0.39 is 0 Å². The number of hydrogen-bond donors (Lipinski definition) is 2. The van der Waals surface area contributed by atoms with Crippen LogP contribution in [-0.2, 0) is 9.59 Å². The number of aldehydes is 1. The van der Waals surface area contributed by atoms with Gasteiger partial charge < -0.3 is 35.4 Å². The fourth-order valence-corrected chi connectivity index (χ4v) is 9.50. The molecule has 3 fully saturated rings. The first-order valence-corrected chi connectivity index (χ1v) is 22.1. The number of rotatable bonds is 11. The second-order valence-electron chi connectivity index (χ2n) is 16.9. The molecule has 9 rings (SSSR count). The minimum absolute atomic E-state index is 0. The maximum atomic E-state index is 12.4. The maximum Gasteiger partial charge on any atom is 1.00 e. The average molecular weight is 913 g/mol. The Bertz CT molecular complexity index is 2460. The number of anilines is 2. The van der Waals surface area contributed by atoms with Crippen LogP contribution in [0, 0.1) is 10.8 Å². The van der Waals surface area contributed by atoms with Gasteiger partial charge in [-0.05, 0) is 88.2 Å². The largest absolute Gasteiger partial charge is 1.00 e. The van der Waals surface area contributed by atoms with Crippen LogP contribution in [-0.4, -0.2) is 88.6 Å². The number of benzene rings is 2. The summed E-state index contributed by atoms with van der Waals surface area (Å²) in [5.41, 5.74) is 9.57. The van der Waals surface area contributed by atoms with Crippen LogP contribution in [0.1, 0.15) is 58.4 Å². The van der Waals surface area contributed by atoms with Crippen LogP contribution in [0.4, 0.5) is 11.4 Å². The average Bonchev–Trinajstić information content (AvgIpc) is 4.10. The second kappa shape index (κ2) is 20.9. The third-order valence-electron chi connectivity index (χ3n) is 12.9. The molecule has 0 atom stereocenters. The number of nitrogens with zero attached hydrogens (tertiary/aromatic N) is 9. The van der Waals surface area contributed by atoms with Crippen molar-refractivity contribution in [1.82, 2.24) is 45.8 Å². The van der Waals surface area contributed by atoms with Crippen molar-refractivity contribution in [3.8, 4) is 44.6 Å². The van der Waals surface area contributed by atoms with Gasteiger partial charge in [-0.25, -0.2) is 4.68 Å². The summed E-state index contributed by atoms with van der Waals surface area (Å²) in [6.45, 7) is 9.00. The van der Waals surface area contributed by atoms with Gasteiger partial charge in [-0.15, -0.1) is 5.10 Å². The van der Waals surface area contributed by atoms with E-state index in [4.69, 9.17) is 23.2 Å². The van der Waals surface area contributed by atoms with Gasteiger partial charge in [0.1, 0.15) is 12.0 Å². The fraction of sp³-hybridized carbons (Fsp3) is 0.383. The first-order chi connectivity index (χ1) is 30.1. The second-order valence-corrected chi connectivity index (χ2v) is 17.7. The first-order valence-electron chi connectivity index (χ1n) is 21.4. The molecule has 322 valence electrons. The van der Waals surface area contributed by atoms with Gasteiger partial charge in [0.15, 0.2) is 0 Å². The molecule has 0 saturated carbocycles. The molecule has 63 heavy (non-hydrogen) atoms. The van der Waals surface area contributed by atoms with Crippen LogP contribution in [0.15, 0.2) is 91.9 Å². The third kappa shape index (κ3) is 10.3. The van der Waals surface area contributed by atoms with Gasteiger partial charge in [-0.3, -0.25) is 14.8 Å². The van der Waals surface area contributed by atoms with Gasteiger partial charge in [0.05, 0.1) is 33.0 Å². The SMILES string of the molecule is CC(C)n1cc(-c2ccc(-c3cncc(Cl)c3N3CCC4(CCNC4=O)CC3)cc2)nn1.CNCCC1(C=O)CCN(c2c(Cl)cncc2-c2ccc(-c3cn[n-]c3)cc2)CC1.[K+]. The number of amides is 1. The summed E-state index contributed by atoms with van der Waals surface area (Å²) in [6.07, 6.45) is 18.9. The number of piperidine rings is 2. The summed E-state index contributed by atoms with van der Waals surface area (Å²) >= 11 is 13.3. The Morgan fingerprint density at radius 3 is 1.81 bits per heavy atom. The summed E-state index contributed by atoms with van der Waals surface area (Å²) < 4.78 is 1.86. The Labute approximate surface area is 421 Å². The van der Waals surface area contributed by atoms with Crippen LogP contribution in [0.3, 0.4) is 0 Å². The van der Waals surface area contributed by atoms with Crippen LogP contribution in [0.2, 0.25) is 10.0 Å². The zero-order chi connectivity index (χ0) is 43.3. The van der Waals surface area contributed by atoms with Crippen molar-refractivity contribution < 1.29 is 61.0 Å². The summed E-state index contributed by atoms with van der Waals surface area (Å²) in [4.78, 5) is 37.5. The standard InChI is InChI=1S/C24H27ClN6O.C23H25ClN5O.K/c1-16(2)31-15-21(28-29-31)18-5-3-17(4-6-18)19-13-26-14-20(25)22(19)30-11-8-24(9-12-30)7-10-27-23(24)32;1-25-9-6-23(16-30)7-10-29(11-8-23)22-20(14-26-15-21(22)24)18-4-2-17(3-5-18)19-12-27-28-13-19;/h3-6,13-16H,7-12H2,1-2H3,(H,27,32);2-5,12-16,25H,6-11H2,1H3;/q;-1;+1.